The first-order valence-electron chi connectivity index (χ1n) is 15.1. The molecule has 10 nitrogen and oxygen atoms in total. The van der Waals surface area contributed by atoms with Gasteiger partial charge in [0.1, 0.15) is 29.5 Å². The predicted molar refractivity (Wildman–Crippen MR) is 160 cm³/mol. The van der Waals surface area contributed by atoms with E-state index in [9.17, 15) is 9.18 Å². The zero-order valence-electron chi connectivity index (χ0n) is 24.2. The molecule has 6 heterocycles. The molecule has 4 aromatic rings. The highest BCUT2D eigenvalue weighted by Gasteiger charge is 2.40. The summed E-state index contributed by atoms with van der Waals surface area (Å²) >= 11 is 0. The van der Waals surface area contributed by atoms with Crippen molar-refractivity contribution >= 4 is 28.6 Å². The quantitative estimate of drug-likeness (QED) is 0.337. The van der Waals surface area contributed by atoms with Gasteiger partial charge in [0.15, 0.2) is 5.79 Å². The van der Waals surface area contributed by atoms with E-state index < -0.39 is 5.79 Å². The maximum Gasteiger partial charge on any atom is 0.232 e. The molecular weight excluding hydrogens is 551 g/mol. The van der Waals surface area contributed by atoms with Gasteiger partial charge in [-0.15, -0.1) is 0 Å². The third-order valence-corrected chi connectivity index (χ3v) is 8.75. The van der Waals surface area contributed by atoms with Crippen molar-refractivity contribution in [3.8, 4) is 22.5 Å². The zero-order valence-corrected chi connectivity index (χ0v) is 24.2. The maximum atomic E-state index is 14.0. The summed E-state index contributed by atoms with van der Waals surface area (Å²) in [4.78, 5) is 30.3. The molecule has 0 radical (unpaired) electrons. The van der Waals surface area contributed by atoms with E-state index in [0.717, 1.165) is 72.5 Å². The SMILES string of the molecule is CCC(=O)NC1CCN(c2ccc(-c3oc4ncnc(N5CCC6(CC5)OCCO6)c4c3-c3ccc(F)cc3)cn2)CC1. The summed E-state index contributed by atoms with van der Waals surface area (Å²) in [6.07, 6.45) is 7.08. The Labute approximate surface area is 249 Å². The smallest absolute Gasteiger partial charge is 0.232 e. The Morgan fingerprint density at radius 3 is 2.35 bits per heavy atom. The van der Waals surface area contributed by atoms with E-state index in [1.54, 1.807) is 12.1 Å². The average molecular weight is 587 g/mol. The van der Waals surface area contributed by atoms with Crippen molar-refractivity contribution < 1.29 is 23.1 Å². The minimum absolute atomic E-state index is 0.0950. The number of piperidine rings is 2. The number of fused-ring (bicyclic) bond motifs is 1. The Morgan fingerprint density at radius 2 is 1.67 bits per heavy atom. The van der Waals surface area contributed by atoms with Crippen molar-refractivity contribution in [2.45, 2.75) is 50.9 Å². The number of nitrogens with one attached hydrogen (secondary N) is 1. The highest BCUT2D eigenvalue weighted by Crippen LogP contribution is 2.44. The summed E-state index contributed by atoms with van der Waals surface area (Å²) in [7, 11) is 0. The highest BCUT2D eigenvalue weighted by atomic mass is 19.1. The van der Waals surface area contributed by atoms with Crippen LogP contribution < -0.4 is 15.1 Å². The van der Waals surface area contributed by atoms with Crippen LogP contribution in [0.4, 0.5) is 16.0 Å². The molecule has 1 amide bonds. The number of aromatic nitrogens is 3. The topological polar surface area (TPSA) is 106 Å². The lowest BCUT2D eigenvalue weighted by molar-refractivity contribution is -0.169. The minimum atomic E-state index is -0.504. The first-order chi connectivity index (χ1) is 21.0. The first kappa shape index (κ1) is 27.7. The van der Waals surface area contributed by atoms with Crippen molar-refractivity contribution in [2.75, 3.05) is 49.2 Å². The van der Waals surface area contributed by atoms with E-state index in [2.05, 4.69) is 20.1 Å². The van der Waals surface area contributed by atoms with Crippen LogP contribution in [0.1, 0.15) is 39.0 Å². The number of benzene rings is 1. The molecule has 1 N–H and O–H groups in total. The van der Waals surface area contributed by atoms with Crippen LogP contribution in [-0.4, -0.2) is 72.1 Å². The third-order valence-electron chi connectivity index (χ3n) is 8.75. The number of amides is 1. The molecule has 3 aromatic heterocycles. The number of nitrogens with zero attached hydrogens (tertiary/aromatic N) is 5. The molecule has 3 fully saturated rings. The second kappa shape index (κ2) is 11.5. The number of pyridine rings is 1. The van der Waals surface area contributed by atoms with Crippen molar-refractivity contribution in [1.82, 2.24) is 20.3 Å². The maximum absolute atomic E-state index is 14.0. The van der Waals surface area contributed by atoms with Gasteiger partial charge >= 0.3 is 0 Å². The van der Waals surface area contributed by atoms with Crippen LogP contribution in [0.25, 0.3) is 33.6 Å². The minimum Gasteiger partial charge on any atom is -0.437 e. The fourth-order valence-corrected chi connectivity index (χ4v) is 6.39. The lowest BCUT2D eigenvalue weighted by Crippen LogP contribution is -2.45. The normalized spacial score (nSPS) is 18.9. The molecular formula is C32H35FN6O4. The van der Waals surface area contributed by atoms with E-state index in [-0.39, 0.29) is 17.8 Å². The van der Waals surface area contributed by atoms with Crippen molar-refractivity contribution in [3.63, 3.8) is 0 Å². The van der Waals surface area contributed by atoms with Gasteiger partial charge in [-0.2, -0.15) is 0 Å². The van der Waals surface area contributed by atoms with Crippen molar-refractivity contribution in [2.24, 2.45) is 0 Å². The Bertz CT molecular complexity index is 1580. The molecule has 0 bridgehead atoms. The molecule has 1 spiro atoms. The molecule has 3 aliphatic rings. The molecule has 7 rings (SSSR count). The fourth-order valence-electron chi connectivity index (χ4n) is 6.39. The van der Waals surface area contributed by atoms with Gasteiger partial charge in [0.25, 0.3) is 0 Å². The largest absolute Gasteiger partial charge is 0.437 e. The fraction of sp³-hybridized carbons (Fsp3) is 0.438. The Morgan fingerprint density at radius 1 is 0.953 bits per heavy atom. The van der Waals surface area contributed by atoms with Crippen LogP contribution in [0.2, 0.25) is 0 Å². The molecule has 11 heteroatoms. The van der Waals surface area contributed by atoms with Crippen LogP contribution in [0.5, 0.6) is 0 Å². The Hall–Kier alpha value is -4.09. The monoisotopic (exact) mass is 586 g/mol. The second-order valence-corrected chi connectivity index (χ2v) is 11.4. The van der Waals surface area contributed by atoms with E-state index >= 15 is 0 Å². The molecule has 0 unspecified atom stereocenters. The van der Waals surface area contributed by atoms with Crippen molar-refractivity contribution in [3.05, 3.63) is 54.7 Å². The lowest BCUT2D eigenvalue weighted by atomic mass is 9.98. The number of carbonyl (C=O) groups is 1. The second-order valence-electron chi connectivity index (χ2n) is 11.4. The summed E-state index contributed by atoms with van der Waals surface area (Å²) in [5, 5.41) is 3.89. The zero-order chi connectivity index (χ0) is 29.4. The van der Waals surface area contributed by atoms with Crippen LogP contribution in [0.15, 0.2) is 53.3 Å². The van der Waals surface area contributed by atoms with Crippen LogP contribution in [-0.2, 0) is 14.3 Å². The van der Waals surface area contributed by atoms with Gasteiger partial charge < -0.3 is 29.0 Å². The third kappa shape index (κ3) is 5.43. The van der Waals surface area contributed by atoms with Gasteiger partial charge in [-0.05, 0) is 42.7 Å². The number of ether oxygens (including phenoxy) is 2. The van der Waals surface area contributed by atoms with Crippen LogP contribution in [0.3, 0.4) is 0 Å². The molecule has 0 aliphatic carbocycles. The summed E-state index contributed by atoms with van der Waals surface area (Å²) < 4.78 is 32.3. The van der Waals surface area contributed by atoms with Crippen LogP contribution >= 0.6 is 0 Å². The summed E-state index contributed by atoms with van der Waals surface area (Å²) in [5.74, 6) is 1.54. The van der Waals surface area contributed by atoms with Crippen molar-refractivity contribution in [1.29, 1.82) is 0 Å². The molecule has 3 aliphatic heterocycles. The summed E-state index contributed by atoms with van der Waals surface area (Å²) in [5.41, 5.74) is 2.87. The Kier molecular flexibility index (Phi) is 7.44. The lowest BCUT2D eigenvalue weighted by Gasteiger charge is -2.38. The molecule has 224 valence electrons. The molecule has 0 saturated carbocycles. The van der Waals surface area contributed by atoms with E-state index in [1.165, 1.54) is 18.5 Å². The van der Waals surface area contributed by atoms with Crippen LogP contribution in [0, 0.1) is 5.82 Å². The van der Waals surface area contributed by atoms with Gasteiger partial charge in [0.05, 0.1) is 18.6 Å². The molecule has 0 atom stereocenters. The molecule has 3 saturated heterocycles. The summed E-state index contributed by atoms with van der Waals surface area (Å²) in [6, 6.07) is 10.6. The average Bonchev–Trinajstić information content (AvgIpc) is 3.67. The predicted octanol–water partition coefficient (Wildman–Crippen LogP) is 4.93. The molecule has 1 aromatic carbocycles. The molecule has 43 heavy (non-hydrogen) atoms. The van der Waals surface area contributed by atoms with Gasteiger partial charge in [0, 0.05) is 68.8 Å². The Balaban J connectivity index is 1.20. The van der Waals surface area contributed by atoms with Gasteiger partial charge in [-0.1, -0.05) is 19.1 Å². The standard InChI is InChI=1S/C32H35FN6O4/c1-2-26(40)37-24-9-13-38(14-10-24)25-8-5-22(19-34-25)29-27(21-3-6-23(33)7-4-21)28-30(35-20-36-31(28)43-29)39-15-11-32(12-16-39)41-17-18-42-32/h3-8,19-20,24H,2,9-18H2,1H3,(H,37,40). The highest BCUT2D eigenvalue weighted by molar-refractivity contribution is 6.06. The number of furan rings is 1. The number of halogens is 1. The van der Waals surface area contributed by atoms with E-state index in [1.807, 2.05) is 25.3 Å². The van der Waals surface area contributed by atoms with Gasteiger partial charge in [-0.25, -0.2) is 19.3 Å². The van der Waals surface area contributed by atoms with E-state index in [4.69, 9.17) is 23.9 Å². The van der Waals surface area contributed by atoms with Gasteiger partial charge in [-0.3, -0.25) is 4.79 Å². The number of anilines is 2. The number of rotatable bonds is 6. The van der Waals surface area contributed by atoms with Gasteiger partial charge in [0.2, 0.25) is 11.6 Å². The number of hydrogen-bond acceptors (Lipinski definition) is 9. The first-order valence-corrected chi connectivity index (χ1v) is 15.1. The summed E-state index contributed by atoms with van der Waals surface area (Å²) in [6.45, 7) is 6.18. The number of carbonyl (C=O) groups excluding carboxylic acids is 1. The number of hydrogen-bond donors (Lipinski definition) is 1. The van der Waals surface area contributed by atoms with E-state index in [0.29, 0.717) is 44.2 Å².